The number of benzene rings is 1. The number of aromatic nitrogens is 1. The van der Waals surface area contributed by atoms with E-state index in [4.69, 9.17) is 0 Å². The van der Waals surface area contributed by atoms with Gasteiger partial charge in [0.1, 0.15) is 0 Å². The molecule has 1 aromatic heterocycles. The lowest BCUT2D eigenvalue weighted by atomic mass is 10.2. The van der Waals surface area contributed by atoms with Crippen LogP contribution in [0.1, 0.15) is 5.56 Å². The molecule has 2 nitrogen and oxygen atoms in total. The molecule has 0 aliphatic rings. The summed E-state index contributed by atoms with van der Waals surface area (Å²) in [6.07, 6.45) is 2.03. The third-order valence-electron chi connectivity index (χ3n) is 1.80. The van der Waals surface area contributed by atoms with Crippen LogP contribution in [0.3, 0.4) is 0 Å². The highest BCUT2D eigenvalue weighted by Crippen LogP contribution is 2.15. The maximum atomic E-state index is 9.79. The molecule has 1 N–H and O–H groups in total. The molecule has 0 radical (unpaired) electrons. The number of aromatic amines is 1. The van der Waals surface area contributed by atoms with Crippen LogP contribution in [0.25, 0.3) is 10.9 Å². The van der Waals surface area contributed by atoms with E-state index in [1.165, 1.54) is 16.5 Å². The van der Waals surface area contributed by atoms with E-state index < -0.39 is 0 Å². The summed E-state index contributed by atoms with van der Waals surface area (Å²) in [6, 6.07) is 8.31. The largest absolute Gasteiger partial charge is 0.361 e. The second kappa shape index (κ2) is 4.62. The second-order valence-electron chi connectivity index (χ2n) is 2.67. The van der Waals surface area contributed by atoms with Crippen molar-refractivity contribution >= 4 is 10.9 Å². The maximum Gasteiger partial charge on any atom is 0.0766 e. The van der Waals surface area contributed by atoms with E-state index in [9.17, 15) is 4.53 Å². The molecular formula is C10H12FNO. The molecule has 2 rings (SSSR count). The van der Waals surface area contributed by atoms with Crippen molar-refractivity contribution in [3.8, 4) is 0 Å². The Bertz CT molecular complexity index is 370. The van der Waals surface area contributed by atoms with Crippen molar-refractivity contribution in [1.29, 1.82) is 0 Å². The van der Waals surface area contributed by atoms with Crippen LogP contribution in [-0.2, 0) is 4.94 Å². The molecule has 0 aliphatic carbocycles. The van der Waals surface area contributed by atoms with Crippen LogP contribution < -0.4 is 0 Å². The van der Waals surface area contributed by atoms with Gasteiger partial charge in [0.2, 0.25) is 0 Å². The monoisotopic (exact) mass is 181 g/mol. The topological polar surface area (TPSA) is 25.0 Å². The van der Waals surface area contributed by atoms with Crippen LogP contribution >= 0.6 is 0 Å². The Kier molecular flexibility index (Phi) is 3.46. The van der Waals surface area contributed by atoms with Gasteiger partial charge in [0.25, 0.3) is 0 Å². The predicted octanol–water partition coefficient (Wildman–Crippen LogP) is 2.99. The zero-order chi connectivity index (χ0) is 9.68. The Morgan fingerprint density at radius 1 is 1.31 bits per heavy atom. The van der Waals surface area contributed by atoms with Crippen molar-refractivity contribution in [2.24, 2.45) is 0 Å². The minimum Gasteiger partial charge on any atom is -0.361 e. The fraction of sp³-hybridized carbons (Fsp3) is 0.200. The lowest BCUT2D eigenvalue weighted by Crippen LogP contribution is -1.64. The number of nitrogens with one attached hydrogen (secondary N) is 1. The first-order valence-electron chi connectivity index (χ1n) is 3.97. The fourth-order valence-electron chi connectivity index (χ4n) is 1.22. The zero-order valence-electron chi connectivity index (χ0n) is 7.67. The third-order valence-corrected chi connectivity index (χ3v) is 1.80. The molecule has 1 heterocycles. The molecule has 2 aromatic rings. The molecule has 0 saturated carbocycles. The molecule has 0 aliphatic heterocycles. The highest BCUT2D eigenvalue weighted by molar-refractivity contribution is 5.82. The van der Waals surface area contributed by atoms with E-state index in [1.54, 1.807) is 0 Å². The predicted molar refractivity (Wildman–Crippen MR) is 51.2 cm³/mol. The van der Waals surface area contributed by atoms with Crippen LogP contribution in [0.15, 0.2) is 30.5 Å². The molecular weight excluding hydrogens is 169 g/mol. The molecule has 13 heavy (non-hydrogen) atoms. The van der Waals surface area contributed by atoms with Gasteiger partial charge in [-0.1, -0.05) is 18.2 Å². The Balaban J connectivity index is 0.000000251. The van der Waals surface area contributed by atoms with Crippen LogP contribution in [0.4, 0.5) is 4.53 Å². The summed E-state index contributed by atoms with van der Waals surface area (Å²) in [5.41, 5.74) is 2.54. The van der Waals surface area contributed by atoms with Crippen molar-refractivity contribution in [2.75, 3.05) is 7.11 Å². The lowest BCUT2D eigenvalue weighted by Gasteiger charge is -1.86. The normalized spacial score (nSPS) is 9.46. The molecule has 0 bridgehead atoms. The number of rotatable bonds is 0. The average molecular weight is 181 g/mol. The Morgan fingerprint density at radius 3 is 2.54 bits per heavy atom. The summed E-state index contributed by atoms with van der Waals surface area (Å²) in [5, 5.41) is 1.32. The number of hydrogen-bond donors (Lipinski definition) is 1. The van der Waals surface area contributed by atoms with Gasteiger partial charge in [-0.25, -0.2) is 0 Å². The number of fused-ring (bicyclic) bond motifs is 1. The highest BCUT2D eigenvalue weighted by atomic mass is 19.3. The summed E-state index contributed by atoms with van der Waals surface area (Å²) in [7, 11) is 0.958. The first-order valence-corrected chi connectivity index (χ1v) is 3.97. The first-order chi connectivity index (χ1) is 6.29. The molecule has 1 aromatic carbocycles. The van der Waals surface area contributed by atoms with Crippen LogP contribution in [0.5, 0.6) is 0 Å². The highest BCUT2D eigenvalue weighted by Gasteiger charge is 1.94. The van der Waals surface area contributed by atoms with Crippen molar-refractivity contribution in [1.82, 2.24) is 4.98 Å². The Hall–Kier alpha value is -1.35. The van der Waals surface area contributed by atoms with Crippen LogP contribution in [0, 0.1) is 6.92 Å². The quantitative estimate of drug-likeness (QED) is 0.664. The summed E-state index contributed by atoms with van der Waals surface area (Å²) < 4.78 is 9.79. The van der Waals surface area contributed by atoms with E-state index in [2.05, 4.69) is 35.0 Å². The SMILES string of the molecule is COF.Cc1c[nH]c2ccccc12. The molecule has 0 amide bonds. The van der Waals surface area contributed by atoms with Gasteiger partial charge in [0.05, 0.1) is 7.11 Å². The number of hydrogen-bond acceptors (Lipinski definition) is 1. The van der Waals surface area contributed by atoms with Crippen molar-refractivity contribution in [2.45, 2.75) is 6.92 Å². The number of aryl methyl sites for hydroxylation is 1. The van der Waals surface area contributed by atoms with Crippen LogP contribution in [0.2, 0.25) is 0 Å². The summed E-state index contributed by atoms with van der Waals surface area (Å²) in [6.45, 7) is 2.11. The van der Waals surface area contributed by atoms with Gasteiger partial charge in [-0.05, 0) is 23.1 Å². The molecule has 70 valence electrons. The minimum absolute atomic E-state index is 0.958. The Morgan fingerprint density at radius 2 is 1.92 bits per heavy atom. The molecule has 0 saturated heterocycles. The van der Waals surface area contributed by atoms with Crippen molar-refractivity contribution in [3.05, 3.63) is 36.0 Å². The van der Waals surface area contributed by atoms with E-state index in [1.807, 2.05) is 12.3 Å². The molecule has 0 fully saturated rings. The minimum atomic E-state index is 0.958. The molecule has 3 heteroatoms. The maximum absolute atomic E-state index is 9.79. The smallest absolute Gasteiger partial charge is 0.0766 e. The van der Waals surface area contributed by atoms with Gasteiger partial charge >= 0.3 is 0 Å². The standard InChI is InChI=1S/C9H9N.CH3FO/c1-7-6-10-9-5-3-2-4-8(7)9;1-3-2/h2-6,10H,1H3;1H3. The van der Waals surface area contributed by atoms with Gasteiger partial charge in [-0.15, -0.1) is 0 Å². The third kappa shape index (κ3) is 2.29. The fourth-order valence-corrected chi connectivity index (χ4v) is 1.22. The van der Waals surface area contributed by atoms with Gasteiger partial charge < -0.3 is 4.98 Å². The summed E-state index contributed by atoms with van der Waals surface area (Å²) in [5.74, 6) is 0. The molecule has 0 spiro atoms. The van der Waals surface area contributed by atoms with E-state index >= 15 is 0 Å². The van der Waals surface area contributed by atoms with E-state index in [-0.39, 0.29) is 0 Å². The van der Waals surface area contributed by atoms with Gasteiger partial charge in [-0.3, -0.25) is 0 Å². The number of halogens is 1. The van der Waals surface area contributed by atoms with Gasteiger partial charge in [-0.2, -0.15) is 4.94 Å². The average Bonchev–Trinajstić information content (AvgIpc) is 2.50. The van der Waals surface area contributed by atoms with Gasteiger partial charge in [0.15, 0.2) is 0 Å². The van der Waals surface area contributed by atoms with E-state index in [0.29, 0.717) is 0 Å². The summed E-state index contributed by atoms with van der Waals surface area (Å²) in [4.78, 5) is 5.94. The first kappa shape index (κ1) is 9.74. The molecule has 0 atom stereocenters. The Labute approximate surface area is 76.2 Å². The number of para-hydroxylation sites is 1. The lowest BCUT2D eigenvalue weighted by molar-refractivity contribution is -0.0960. The second-order valence-corrected chi connectivity index (χ2v) is 2.67. The van der Waals surface area contributed by atoms with Crippen LogP contribution in [-0.4, -0.2) is 12.1 Å². The zero-order valence-corrected chi connectivity index (χ0v) is 7.67. The van der Waals surface area contributed by atoms with Crippen molar-refractivity contribution < 1.29 is 9.47 Å². The van der Waals surface area contributed by atoms with Gasteiger partial charge in [0, 0.05) is 17.1 Å². The molecule has 0 unspecified atom stereocenters. The van der Waals surface area contributed by atoms with Crippen molar-refractivity contribution in [3.63, 3.8) is 0 Å². The number of H-pyrrole nitrogens is 1. The summed E-state index contributed by atoms with van der Waals surface area (Å²) >= 11 is 0. The van der Waals surface area contributed by atoms with E-state index in [0.717, 1.165) is 7.11 Å².